The molecule has 19 heavy (non-hydrogen) atoms. The van der Waals surface area contributed by atoms with Gasteiger partial charge in [-0.2, -0.15) is 0 Å². The van der Waals surface area contributed by atoms with Crippen LogP contribution in [0.15, 0.2) is 29.2 Å². The van der Waals surface area contributed by atoms with E-state index in [4.69, 9.17) is 5.11 Å². The Morgan fingerprint density at radius 2 is 1.79 bits per heavy atom. The zero-order chi connectivity index (χ0) is 14.5. The first-order valence-corrected chi connectivity index (χ1v) is 7.53. The van der Waals surface area contributed by atoms with Crippen molar-refractivity contribution in [3.8, 4) is 0 Å². The summed E-state index contributed by atoms with van der Waals surface area (Å²) in [6.45, 7) is 2.22. The van der Waals surface area contributed by atoms with Crippen molar-refractivity contribution < 1.29 is 18.3 Å². The van der Waals surface area contributed by atoms with Crippen LogP contribution in [0.4, 0.5) is 0 Å². The van der Waals surface area contributed by atoms with E-state index in [9.17, 15) is 13.2 Å². The van der Waals surface area contributed by atoms with Gasteiger partial charge in [0.2, 0.25) is 10.0 Å². The first-order valence-electron chi connectivity index (χ1n) is 6.09. The van der Waals surface area contributed by atoms with Gasteiger partial charge in [-0.1, -0.05) is 17.7 Å². The molecule has 5 nitrogen and oxygen atoms in total. The first kappa shape index (κ1) is 15.7. The summed E-state index contributed by atoms with van der Waals surface area (Å²) in [6.07, 6.45) is 1.08. The zero-order valence-corrected chi connectivity index (χ0v) is 12.0. The molecule has 0 radical (unpaired) electrons. The molecule has 0 saturated carbocycles. The van der Waals surface area contributed by atoms with Crippen LogP contribution in [0.5, 0.6) is 0 Å². The maximum absolute atomic E-state index is 12.2. The SMILES string of the molecule is Cc1ccc(S(=O)(=O)N(C)CCCCC(=O)O)cc1. The highest BCUT2D eigenvalue weighted by molar-refractivity contribution is 7.89. The minimum Gasteiger partial charge on any atom is -0.481 e. The molecular weight excluding hydrogens is 266 g/mol. The number of aryl methyl sites for hydroxylation is 1. The van der Waals surface area contributed by atoms with Gasteiger partial charge in [-0.05, 0) is 31.9 Å². The molecule has 0 atom stereocenters. The van der Waals surface area contributed by atoms with Crippen LogP contribution in [0, 0.1) is 6.92 Å². The predicted molar refractivity (Wildman–Crippen MR) is 72.5 cm³/mol. The Morgan fingerprint density at radius 1 is 1.21 bits per heavy atom. The molecule has 0 heterocycles. The minimum atomic E-state index is -3.47. The average molecular weight is 285 g/mol. The molecule has 6 heteroatoms. The molecule has 1 aromatic rings. The summed E-state index contributed by atoms with van der Waals surface area (Å²) in [6, 6.07) is 6.67. The van der Waals surface area contributed by atoms with Gasteiger partial charge in [0.25, 0.3) is 0 Å². The Morgan fingerprint density at radius 3 is 2.32 bits per heavy atom. The molecular formula is C13H19NO4S. The number of benzene rings is 1. The predicted octanol–water partition coefficient (Wildman–Crippen LogP) is 1.87. The molecule has 106 valence electrons. The number of carboxylic acids is 1. The highest BCUT2D eigenvalue weighted by atomic mass is 32.2. The summed E-state index contributed by atoms with van der Waals surface area (Å²) in [5.41, 5.74) is 1.00. The summed E-state index contributed by atoms with van der Waals surface area (Å²) >= 11 is 0. The van der Waals surface area contributed by atoms with E-state index in [0.717, 1.165) is 5.56 Å². The van der Waals surface area contributed by atoms with Gasteiger partial charge in [-0.25, -0.2) is 12.7 Å². The molecule has 0 bridgehead atoms. The van der Waals surface area contributed by atoms with Gasteiger partial charge in [0.1, 0.15) is 0 Å². The second kappa shape index (κ2) is 6.68. The molecule has 0 spiro atoms. The first-order chi connectivity index (χ1) is 8.84. The van der Waals surface area contributed by atoms with Gasteiger partial charge in [-0.3, -0.25) is 4.79 Å². The number of hydrogen-bond acceptors (Lipinski definition) is 3. The number of nitrogens with zero attached hydrogens (tertiary/aromatic N) is 1. The standard InChI is InChI=1S/C13H19NO4S/c1-11-6-8-12(9-7-11)19(17,18)14(2)10-4-3-5-13(15)16/h6-9H,3-5,10H2,1-2H3,(H,15,16). The van der Waals surface area contributed by atoms with Crippen molar-refractivity contribution in [3.63, 3.8) is 0 Å². The van der Waals surface area contributed by atoms with Gasteiger partial charge < -0.3 is 5.11 Å². The third-order valence-corrected chi connectivity index (χ3v) is 4.71. The Kier molecular flexibility index (Phi) is 5.50. The lowest BCUT2D eigenvalue weighted by molar-refractivity contribution is -0.137. The molecule has 0 aliphatic carbocycles. The van der Waals surface area contributed by atoms with E-state index in [1.54, 1.807) is 24.3 Å². The maximum Gasteiger partial charge on any atom is 0.303 e. The van der Waals surface area contributed by atoms with Crippen molar-refractivity contribution in [2.24, 2.45) is 0 Å². The van der Waals surface area contributed by atoms with E-state index < -0.39 is 16.0 Å². The van der Waals surface area contributed by atoms with E-state index in [2.05, 4.69) is 0 Å². The Bertz CT molecular complexity index is 522. The van der Waals surface area contributed by atoms with Crippen molar-refractivity contribution in [1.29, 1.82) is 0 Å². The number of unbranched alkanes of at least 4 members (excludes halogenated alkanes) is 1. The molecule has 0 aliphatic heterocycles. The second-order valence-corrected chi connectivity index (χ2v) is 6.54. The van der Waals surface area contributed by atoms with Crippen molar-refractivity contribution in [2.75, 3.05) is 13.6 Å². The topological polar surface area (TPSA) is 74.7 Å². The Labute approximate surface area is 113 Å². The molecule has 1 N–H and O–H groups in total. The van der Waals surface area contributed by atoms with E-state index in [-0.39, 0.29) is 11.3 Å². The highest BCUT2D eigenvalue weighted by Crippen LogP contribution is 2.15. The van der Waals surface area contributed by atoms with Crippen LogP contribution in [0.2, 0.25) is 0 Å². The van der Waals surface area contributed by atoms with Gasteiger partial charge >= 0.3 is 5.97 Å². The highest BCUT2D eigenvalue weighted by Gasteiger charge is 2.19. The van der Waals surface area contributed by atoms with Gasteiger partial charge in [0.15, 0.2) is 0 Å². The fourth-order valence-corrected chi connectivity index (χ4v) is 2.83. The van der Waals surface area contributed by atoms with Gasteiger partial charge in [0, 0.05) is 20.0 Å². The van der Waals surface area contributed by atoms with Gasteiger partial charge in [-0.15, -0.1) is 0 Å². The maximum atomic E-state index is 12.2. The minimum absolute atomic E-state index is 0.0679. The van der Waals surface area contributed by atoms with Crippen LogP contribution in [-0.2, 0) is 14.8 Å². The monoisotopic (exact) mass is 285 g/mol. The van der Waals surface area contributed by atoms with Crippen LogP contribution < -0.4 is 0 Å². The number of sulfonamides is 1. The third-order valence-electron chi connectivity index (χ3n) is 2.84. The fourth-order valence-electron chi connectivity index (χ4n) is 1.62. The Balaban J connectivity index is 2.61. The van der Waals surface area contributed by atoms with Crippen molar-refractivity contribution in [3.05, 3.63) is 29.8 Å². The van der Waals surface area contributed by atoms with Crippen LogP contribution in [0.1, 0.15) is 24.8 Å². The summed E-state index contributed by atoms with van der Waals surface area (Å²) in [5.74, 6) is -0.857. The number of hydrogen-bond donors (Lipinski definition) is 1. The number of rotatable bonds is 7. The average Bonchev–Trinajstić information content (AvgIpc) is 2.34. The van der Waals surface area contributed by atoms with Crippen LogP contribution in [0.3, 0.4) is 0 Å². The Hall–Kier alpha value is -1.40. The fraction of sp³-hybridized carbons (Fsp3) is 0.462. The van der Waals surface area contributed by atoms with E-state index >= 15 is 0 Å². The lowest BCUT2D eigenvalue weighted by Gasteiger charge is -2.17. The quantitative estimate of drug-likeness (QED) is 0.776. The second-order valence-electron chi connectivity index (χ2n) is 4.49. The number of carbonyl (C=O) groups is 1. The molecule has 0 unspecified atom stereocenters. The largest absolute Gasteiger partial charge is 0.481 e. The number of aliphatic carboxylic acids is 1. The summed E-state index contributed by atoms with van der Waals surface area (Å²) in [4.78, 5) is 10.6. The lowest BCUT2D eigenvalue weighted by atomic mass is 10.2. The molecule has 0 amide bonds. The van der Waals surface area contributed by atoms with Gasteiger partial charge in [0.05, 0.1) is 4.90 Å². The van der Waals surface area contributed by atoms with Crippen LogP contribution >= 0.6 is 0 Å². The van der Waals surface area contributed by atoms with Crippen molar-refractivity contribution >= 4 is 16.0 Å². The number of carboxylic acid groups (broad SMARTS) is 1. The molecule has 0 saturated heterocycles. The zero-order valence-electron chi connectivity index (χ0n) is 11.2. The summed E-state index contributed by atoms with van der Waals surface area (Å²) in [5, 5.41) is 8.51. The van der Waals surface area contributed by atoms with E-state index in [1.165, 1.54) is 11.4 Å². The molecule has 0 aliphatic rings. The summed E-state index contributed by atoms with van der Waals surface area (Å²) < 4.78 is 25.6. The third kappa shape index (κ3) is 4.65. The normalized spacial score (nSPS) is 11.7. The smallest absolute Gasteiger partial charge is 0.303 e. The molecule has 1 aromatic carbocycles. The molecule has 0 fully saturated rings. The van der Waals surface area contributed by atoms with Crippen LogP contribution in [0.25, 0.3) is 0 Å². The lowest BCUT2D eigenvalue weighted by Crippen LogP contribution is -2.28. The molecule has 0 aromatic heterocycles. The van der Waals surface area contributed by atoms with Crippen LogP contribution in [-0.4, -0.2) is 37.4 Å². The summed E-state index contributed by atoms with van der Waals surface area (Å²) in [7, 11) is -1.96. The van der Waals surface area contributed by atoms with Crippen molar-refractivity contribution in [2.45, 2.75) is 31.1 Å². The van der Waals surface area contributed by atoms with E-state index in [0.29, 0.717) is 19.4 Å². The van der Waals surface area contributed by atoms with E-state index in [1.807, 2.05) is 6.92 Å². The molecule has 1 rings (SSSR count). The van der Waals surface area contributed by atoms with Crippen molar-refractivity contribution in [1.82, 2.24) is 4.31 Å².